The van der Waals surface area contributed by atoms with Crippen molar-refractivity contribution in [1.29, 1.82) is 0 Å². The summed E-state index contributed by atoms with van der Waals surface area (Å²) >= 11 is 1.59. The zero-order chi connectivity index (χ0) is 13.5. The summed E-state index contributed by atoms with van der Waals surface area (Å²) in [5.41, 5.74) is 2.02. The second kappa shape index (κ2) is 4.44. The highest BCUT2D eigenvalue weighted by Crippen LogP contribution is 2.35. The summed E-state index contributed by atoms with van der Waals surface area (Å²) in [5, 5.41) is 13.9. The predicted molar refractivity (Wildman–Crippen MR) is 79.5 cm³/mol. The smallest absolute Gasteiger partial charge is 0.121 e. The van der Waals surface area contributed by atoms with Gasteiger partial charge < -0.3 is 5.11 Å². The lowest BCUT2D eigenvalue weighted by atomic mass is 9.91. The van der Waals surface area contributed by atoms with Crippen LogP contribution < -0.4 is 0 Å². The van der Waals surface area contributed by atoms with E-state index in [1.807, 2.05) is 55.6 Å². The van der Waals surface area contributed by atoms with E-state index >= 15 is 0 Å². The van der Waals surface area contributed by atoms with Gasteiger partial charge in [-0.15, -0.1) is 11.3 Å². The third-order valence-electron chi connectivity index (χ3n) is 3.47. The summed E-state index contributed by atoms with van der Waals surface area (Å²) in [6.45, 7) is 3.88. The fourth-order valence-corrected chi connectivity index (χ4v) is 3.39. The lowest BCUT2D eigenvalue weighted by molar-refractivity contribution is 0.106. The van der Waals surface area contributed by atoms with E-state index in [2.05, 4.69) is 4.98 Å². The largest absolute Gasteiger partial charge is 0.380 e. The molecule has 2 nitrogen and oxygen atoms in total. The van der Waals surface area contributed by atoms with E-state index in [4.69, 9.17) is 0 Å². The fourth-order valence-electron chi connectivity index (χ4n) is 2.38. The van der Waals surface area contributed by atoms with Crippen LogP contribution in [-0.2, 0) is 5.60 Å². The van der Waals surface area contributed by atoms with Crippen LogP contribution in [0, 0.1) is 6.92 Å². The van der Waals surface area contributed by atoms with Crippen molar-refractivity contribution in [2.75, 3.05) is 0 Å². The molecule has 96 valence electrons. The average Bonchev–Trinajstić information content (AvgIpc) is 2.85. The number of fused-ring (bicyclic) bond motifs is 1. The molecule has 0 amide bonds. The van der Waals surface area contributed by atoms with Gasteiger partial charge in [0.15, 0.2) is 0 Å². The monoisotopic (exact) mass is 269 g/mol. The number of thiophene rings is 1. The van der Waals surface area contributed by atoms with Gasteiger partial charge in [-0.3, -0.25) is 4.98 Å². The highest BCUT2D eigenvalue weighted by molar-refractivity contribution is 7.10. The minimum absolute atomic E-state index is 0.901. The highest BCUT2D eigenvalue weighted by atomic mass is 32.1. The molecule has 0 aliphatic heterocycles. The third kappa shape index (κ3) is 2.05. The fraction of sp³-hybridized carbons (Fsp3) is 0.188. The molecule has 3 heteroatoms. The zero-order valence-corrected chi connectivity index (χ0v) is 11.7. The van der Waals surface area contributed by atoms with E-state index in [1.165, 1.54) is 0 Å². The molecule has 19 heavy (non-hydrogen) atoms. The van der Waals surface area contributed by atoms with Crippen molar-refractivity contribution >= 4 is 22.2 Å². The van der Waals surface area contributed by atoms with Crippen molar-refractivity contribution in [3.63, 3.8) is 0 Å². The molecule has 1 unspecified atom stereocenters. The Hall–Kier alpha value is -1.71. The average molecular weight is 269 g/mol. The number of benzene rings is 1. The Labute approximate surface area is 116 Å². The number of hydrogen-bond donors (Lipinski definition) is 1. The Balaban J connectivity index is 2.15. The Morgan fingerprint density at radius 1 is 1.21 bits per heavy atom. The summed E-state index contributed by atoms with van der Waals surface area (Å²) in [6.07, 6.45) is 1.78. The maximum Gasteiger partial charge on any atom is 0.121 e. The zero-order valence-electron chi connectivity index (χ0n) is 10.9. The van der Waals surface area contributed by atoms with Gasteiger partial charge in [-0.05, 0) is 54.6 Å². The molecular weight excluding hydrogens is 254 g/mol. The van der Waals surface area contributed by atoms with E-state index in [9.17, 15) is 5.11 Å². The van der Waals surface area contributed by atoms with Crippen LogP contribution in [0.15, 0.2) is 48.0 Å². The third-order valence-corrected chi connectivity index (χ3v) is 4.70. The molecule has 0 saturated heterocycles. The Kier molecular flexibility index (Phi) is 2.88. The highest BCUT2D eigenvalue weighted by Gasteiger charge is 2.28. The number of aliphatic hydroxyl groups is 1. The van der Waals surface area contributed by atoms with Gasteiger partial charge in [0.25, 0.3) is 0 Å². The molecular formula is C16H15NOS. The van der Waals surface area contributed by atoms with E-state index in [1.54, 1.807) is 17.5 Å². The predicted octanol–water partition coefficient (Wildman–Crippen LogP) is 3.86. The van der Waals surface area contributed by atoms with E-state index in [0.29, 0.717) is 0 Å². The molecule has 0 spiro atoms. The minimum atomic E-state index is -0.956. The van der Waals surface area contributed by atoms with Crippen molar-refractivity contribution < 1.29 is 5.11 Å². The molecule has 2 aromatic heterocycles. The summed E-state index contributed by atoms with van der Waals surface area (Å²) in [4.78, 5) is 5.30. The topological polar surface area (TPSA) is 33.1 Å². The van der Waals surface area contributed by atoms with Gasteiger partial charge in [0, 0.05) is 16.5 Å². The molecule has 0 radical (unpaired) electrons. The van der Waals surface area contributed by atoms with Gasteiger partial charge in [-0.2, -0.15) is 0 Å². The summed E-state index contributed by atoms with van der Waals surface area (Å²) in [7, 11) is 0. The second-order valence-electron chi connectivity index (χ2n) is 4.92. The van der Waals surface area contributed by atoms with E-state index in [-0.39, 0.29) is 0 Å². The first kappa shape index (κ1) is 12.3. The van der Waals surface area contributed by atoms with Crippen molar-refractivity contribution in [3.8, 4) is 0 Å². The quantitative estimate of drug-likeness (QED) is 0.766. The number of pyridine rings is 1. The van der Waals surface area contributed by atoms with Crippen LogP contribution in [0.2, 0.25) is 0 Å². The Bertz CT molecular complexity index is 730. The van der Waals surface area contributed by atoms with Gasteiger partial charge in [0.05, 0.1) is 5.52 Å². The van der Waals surface area contributed by atoms with E-state index in [0.717, 1.165) is 26.9 Å². The van der Waals surface area contributed by atoms with Crippen LogP contribution in [0.1, 0.15) is 22.9 Å². The van der Waals surface area contributed by atoms with Crippen molar-refractivity contribution in [3.05, 3.63) is 64.0 Å². The van der Waals surface area contributed by atoms with Crippen LogP contribution in [0.5, 0.6) is 0 Å². The SMILES string of the molecule is Cc1ccsc1C(C)(O)c1ccc2ncccc2c1. The van der Waals surface area contributed by atoms with Gasteiger partial charge >= 0.3 is 0 Å². The molecule has 1 atom stereocenters. The number of nitrogens with zero attached hydrogens (tertiary/aromatic N) is 1. The summed E-state index contributed by atoms with van der Waals surface area (Å²) < 4.78 is 0. The lowest BCUT2D eigenvalue weighted by Crippen LogP contribution is -2.22. The molecule has 1 aromatic carbocycles. The summed E-state index contributed by atoms with van der Waals surface area (Å²) in [6, 6.07) is 11.9. The standard InChI is InChI=1S/C16H15NOS/c1-11-7-9-19-15(11)16(2,18)13-5-6-14-12(10-13)4-3-8-17-14/h3-10,18H,1-2H3. The number of aryl methyl sites for hydroxylation is 1. The number of aromatic nitrogens is 1. The Morgan fingerprint density at radius 3 is 2.79 bits per heavy atom. The second-order valence-corrected chi connectivity index (χ2v) is 5.83. The molecule has 1 N–H and O–H groups in total. The molecule has 2 heterocycles. The molecule has 0 bridgehead atoms. The van der Waals surface area contributed by atoms with Crippen LogP contribution in [-0.4, -0.2) is 10.1 Å². The molecule has 0 aliphatic rings. The van der Waals surface area contributed by atoms with Crippen molar-refractivity contribution in [2.24, 2.45) is 0 Å². The minimum Gasteiger partial charge on any atom is -0.380 e. The Morgan fingerprint density at radius 2 is 2.05 bits per heavy atom. The van der Waals surface area contributed by atoms with Gasteiger partial charge in [0.2, 0.25) is 0 Å². The van der Waals surface area contributed by atoms with Crippen LogP contribution in [0.4, 0.5) is 0 Å². The van der Waals surface area contributed by atoms with E-state index < -0.39 is 5.60 Å². The number of rotatable bonds is 2. The van der Waals surface area contributed by atoms with Crippen LogP contribution in [0.25, 0.3) is 10.9 Å². The van der Waals surface area contributed by atoms with Gasteiger partial charge in [-0.25, -0.2) is 0 Å². The first-order chi connectivity index (χ1) is 9.09. The van der Waals surface area contributed by atoms with Crippen LogP contribution in [0.3, 0.4) is 0 Å². The first-order valence-corrected chi connectivity index (χ1v) is 7.09. The normalized spacial score (nSPS) is 14.5. The molecule has 0 saturated carbocycles. The van der Waals surface area contributed by atoms with Gasteiger partial charge in [0.1, 0.15) is 5.60 Å². The number of hydrogen-bond acceptors (Lipinski definition) is 3. The molecule has 0 aliphatic carbocycles. The molecule has 0 fully saturated rings. The summed E-state index contributed by atoms with van der Waals surface area (Å²) in [5.74, 6) is 0. The first-order valence-electron chi connectivity index (χ1n) is 6.21. The molecule has 3 rings (SSSR count). The van der Waals surface area contributed by atoms with Gasteiger partial charge in [-0.1, -0.05) is 12.1 Å². The lowest BCUT2D eigenvalue weighted by Gasteiger charge is -2.24. The maximum atomic E-state index is 10.9. The van der Waals surface area contributed by atoms with Crippen molar-refractivity contribution in [2.45, 2.75) is 19.4 Å². The van der Waals surface area contributed by atoms with Crippen LogP contribution >= 0.6 is 11.3 Å². The molecule has 3 aromatic rings. The maximum absolute atomic E-state index is 10.9. The van der Waals surface area contributed by atoms with Crippen molar-refractivity contribution in [1.82, 2.24) is 4.98 Å².